The predicted octanol–water partition coefficient (Wildman–Crippen LogP) is 1.82. The molecule has 0 aliphatic carbocycles. The number of piperidine rings is 1. The normalized spacial score (nSPS) is 17.8. The van der Waals surface area contributed by atoms with Gasteiger partial charge < -0.3 is 14.7 Å². The van der Waals surface area contributed by atoms with Gasteiger partial charge in [0.25, 0.3) is 11.5 Å². The monoisotopic (exact) mass is 345 g/mol. The molecule has 7 heteroatoms. The van der Waals surface area contributed by atoms with Crippen molar-refractivity contribution in [3.8, 4) is 5.75 Å². The van der Waals surface area contributed by atoms with E-state index < -0.39 is 5.56 Å². The zero-order valence-electron chi connectivity index (χ0n) is 14.4. The van der Waals surface area contributed by atoms with Crippen molar-refractivity contribution in [1.82, 2.24) is 14.3 Å². The topological polar surface area (TPSA) is 84.1 Å². The largest absolute Gasteiger partial charge is 0.504 e. The first kappa shape index (κ1) is 17.4. The lowest BCUT2D eigenvalue weighted by Gasteiger charge is -2.35. The maximum absolute atomic E-state index is 13.0. The highest BCUT2D eigenvalue weighted by molar-refractivity contribution is 5.94. The van der Waals surface area contributed by atoms with Crippen molar-refractivity contribution in [3.63, 3.8) is 0 Å². The van der Waals surface area contributed by atoms with Gasteiger partial charge in [-0.05, 0) is 44.2 Å². The van der Waals surface area contributed by atoms with E-state index >= 15 is 0 Å². The van der Waals surface area contributed by atoms with Gasteiger partial charge in [-0.3, -0.25) is 14.0 Å². The van der Waals surface area contributed by atoms with Gasteiger partial charge in [0.05, 0.1) is 0 Å². The van der Waals surface area contributed by atoms with Gasteiger partial charge in [0.2, 0.25) is 0 Å². The van der Waals surface area contributed by atoms with E-state index in [0.29, 0.717) is 13.2 Å². The van der Waals surface area contributed by atoms with Gasteiger partial charge >= 0.3 is 0 Å². The van der Waals surface area contributed by atoms with Crippen molar-refractivity contribution in [2.24, 2.45) is 0 Å². The maximum atomic E-state index is 13.0. The second-order valence-electron chi connectivity index (χ2n) is 6.35. The summed E-state index contributed by atoms with van der Waals surface area (Å²) in [4.78, 5) is 31.5. The maximum Gasteiger partial charge on any atom is 0.270 e. The summed E-state index contributed by atoms with van der Waals surface area (Å²) in [5.41, 5.74) is -0.256. The Morgan fingerprint density at radius 3 is 3.08 bits per heavy atom. The molecule has 1 amide bonds. The zero-order chi connectivity index (χ0) is 17.8. The molecule has 1 N–H and O–H groups in total. The van der Waals surface area contributed by atoms with Gasteiger partial charge in [-0.15, -0.1) is 0 Å². The zero-order valence-corrected chi connectivity index (χ0v) is 14.4. The summed E-state index contributed by atoms with van der Waals surface area (Å²) in [6.07, 6.45) is 7.50. The van der Waals surface area contributed by atoms with Crippen LogP contribution < -0.4 is 5.56 Å². The first-order chi connectivity index (χ1) is 12.1. The summed E-state index contributed by atoms with van der Waals surface area (Å²) < 4.78 is 6.32. The number of pyridine rings is 1. The second-order valence-corrected chi connectivity index (χ2v) is 6.35. The smallest absolute Gasteiger partial charge is 0.270 e. The van der Waals surface area contributed by atoms with Crippen LogP contribution in [0.15, 0.2) is 29.3 Å². The molecule has 0 bridgehead atoms. The number of rotatable bonds is 5. The summed E-state index contributed by atoms with van der Waals surface area (Å²) in [7, 11) is 1.67. The predicted molar refractivity (Wildman–Crippen MR) is 92.9 cm³/mol. The van der Waals surface area contributed by atoms with Crippen LogP contribution in [0.1, 0.15) is 42.5 Å². The minimum absolute atomic E-state index is 0.0433. The van der Waals surface area contributed by atoms with E-state index in [1.54, 1.807) is 18.1 Å². The number of nitrogens with zero attached hydrogens (tertiary/aromatic N) is 3. The highest BCUT2D eigenvalue weighted by Gasteiger charge is 2.29. The molecule has 2 aromatic heterocycles. The van der Waals surface area contributed by atoms with Crippen LogP contribution in [0.3, 0.4) is 0 Å². The SMILES string of the molecule is COCCC[C@H]1CCCCN1C(=O)c1cnc2c(O)cccn2c1=O. The van der Waals surface area contributed by atoms with Crippen LogP contribution in [0, 0.1) is 0 Å². The third-order valence-corrected chi connectivity index (χ3v) is 4.72. The Hall–Kier alpha value is -2.41. The molecule has 1 aliphatic heterocycles. The Morgan fingerprint density at radius 2 is 2.28 bits per heavy atom. The standard InChI is InChI=1S/C18H23N3O4/c1-25-11-5-7-13-6-2-3-9-20(13)17(23)14-12-19-16-15(22)8-4-10-21(16)18(14)24/h4,8,10,12-13,22H,2-3,5-7,9,11H2,1H3/t13-/m1/s1. The molecular weight excluding hydrogens is 322 g/mol. The average molecular weight is 345 g/mol. The number of likely N-dealkylation sites (tertiary alicyclic amines) is 1. The van der Waals surface area contributed by atoms with E-state index in [1.165, 1.54) is 22.9 Å². The van der Waals surface area contributed by atoms with E-state index in [-0.39, 0.29) is 28.9 Å². The Labute approximate surface area is 145 Å². The average Bonchev–Trinajstić information content (AvgIpc) is 2.63. The summed E-state index contributed by atoms with van der Waals surface area (Å²) >= 11 is 0. The molecule has 1 atom stereocenters. The molecule has 0 radical (unpaired) electrons. The third kappa shape index (κ3) is 3.51. The molecule has 25 heavy (non-hydrogen) atoms. The molecule has 3 heterocycles. The summed E-state index contributed by atoms with van der Waals surface area (Å²) in [6, 6.07) is 3.13. The number of fused-ring (bicyclic) bond motifs is 1. The van der Waals surface area contributed by atoms with E-state index in [0.717, 1.165) is 32.1 Å². The van der Waals surface area contributed by atoms with Gasteiger partial charge in [-0.2, -0.15) is 0 Å². The fourth-order valence-electron chi connectivity index (χ4n) is 3.42. The number of amides is 1. The van der Waals surface area contributed by atoms with Crippen molar-refractivity contribution < 1.29 is 14.6 Å². The number of aromatic hydroxyl groups is 1. The third-order valence-electron chi connectivity index (χ3n) is 4.72. The van der Waals surface area contributed by atoms with Gasteiger partial charge in [0.15, 0.2) is 11.4 Å². The van der Waals surface area contributed by atoms with Crippen molar-refractivity contribution in [3.05, 3.63) is 40.4 Å². The van der Waals surface area contributed by atoms with E-state index in [2.05, 4.69) is 4.98 Å². The van der Waals surface area contributed by atoms with E-state index in [4.69, 9.17) is 4.74 Å². The van der Waals surface area contributed by atoms with Crippen molar-refractivity contribution in [1.29, 1.82) is 0 Å². The summed E-state index contributed by atoms with van der Waals surface area (Å²) in [5, 5.41) is 9.81. The number of carbonyl (C=O) groups is 1. The minimum Gasteiger partial charge on any atom is -0.504 e. The highest BCUT2D eigenvalue weighted by Crippen LogP contribution is 2.22. The fraction of sp³-hybridized carbons (Fsp3) is 0.500. The molecule has 134 valence electrons. The molecule has 0 aromatic carbocycles. The Bertz CT molecular complexity index is 818. The lowest BCUT2D eigenvalue weighted by atomic mass is 9.97. The number of methoxy groups -OCH3 is 1. The first-order valence-electron chi connectivity index (χ1n) is 8.62. The molecule has 0 unspecified atom stereocenters. The number of ether oxygens (including phenoxy) is 1. The molecule has 3 rings (SSSR count). The van der Waals surface area contributed by atoms with Gasteiger partial charge in [-0.25, -0.2) is 4.98 Å². The lowest BCUT2D eigenvalue weighted by molar-refractivity contribution is 0.0582. The number of aromatic nitrogens is 2. The van der Waals surface area contributed by atoms with Crippen molar-refractivity contribution in [2.75, 3.05) is 20.3 Å². The summed E-state index contributed by atoms with van der Waals surface area (Å²) in [5.74, 6) is -0.369. The van der Waals surface area contributed by atoms with E-state index in [9.17, 15) is 14.7 Å². The molecule has 2 aromatic rings. The fourth-order valence-corrected chi connectivity index (χ4v) is 3.42. The Kier molecular flexibility index (Phi) is 5.33. The van der Waals surface area contributed by atoms with Gasteiger partial charge in [-0.1, -0.05) is 0 Å². The molecule has 0 spiro atoms. The lowest BCUT2D eigenvalue weighted by Crippen LogP contribution is -2.45. The Morgan fingerprint density at radius 1 is 1.44 bits per heavy atom. The number of carbonyl (C=O) groups excluding carboxylic acids is 1. The molecular formula is C18H23N3O4. The van der Waals surface area contributed by atoms with Crippen molar-refractivity contribution >= 4 is 11.6 Å². The number of hydrogen-bond acceptors (Lipinski definition) is 5. The second kappa shape index (κ2) is 7.65. The van der Waals surface area contributed by atoms with Crippen LogP contribution in [0.4, 0.5) is 0 Å². The molecule has 1 aliphatic rings. The van der Waals surface area contributed by atoms with E-state index in [1.807, 2.05) is 0 Å². The van der Waals surface area contributed by atoms with Crippen LogP contribution in [-0.2, 0) is 4.74 Å². The quantitative estimate of drug-likeness (QED) is 0.836. The molecule has 1 saturated heterocycles. The molecule has 0 saturated carbocycles. The van der Waals surface area contributed by atoms with Gasteiger partial charge in [0, 0.05) is 38.7 Å². The minimum atomic E-state index is -0.452. The van der Waals surface area contributed by atoms with Crippen molar-refractivity contribution in [2.45, 2.75) is 38.1 Å². The van der Waals surface area contributed by atoms with Crippen LogP contribution in [0.5, 0.6) is 5.75 Å². The Balaban J connectivity index is 1.89. The summed E-state index contributed by atoms with van der Waals surface area (Å²) in [6.45, 7) is 1.32. The van der Waals surface area contributed by atoms with Crippen LogP contribution in [0.25, 0.3) is 5.65 Å². The van der Waals surface area contributed by atoms with Gasteiger partial charge in [0.1, 0.15) is 5.56 Å². The molecule has 7 nitrogen and oxygen atoms in total. The molecule has 1 fully saturated rings. The highest BCUT2D eigenvalue weighted by atomic mass is 16.5. The van der Waals surface area contributed by atoms with Crippen LogP contribution in [-0.4, -0.2) is 51.6 Å². The van der Waals surface area contributed by atoms with Crippen LogP contribution in [0.2, 0.25) is 0 Å². The first-order valence-corrected chi connectivity index (χ1v) is 8.62. The number of hydrogen-bond donors (Lipinski definition) is 1. The van der Waals surface area contributed by atoms with Crippen LogP contribution >= 0.6 is 0 Å².